The zero-order chi connectivity index (χ0) is 14.2. The van der Waals surface area contributed by atoms with Crippen molar-refractivity contribution in [2.24, 2.45) is 4.99 Å². The van der Waals surface area contributed by atoms with Crippen molar-refractivity contribution in [1.82, 2.24) is 4.90 Å². The van der Waals surface area contributed by atoms with Crippen molar-refractivity contribution in [1.29, 1.82) is 0 Å². The molecular weight excluding hydrogens is 296 g/mol. The van der Waals surface area contributed by atoms with Gasteiger partial charge in [0.05, 0.1) is 5.04 Å². The van der Waals surface area contributed by atoms with Crippen LogP contribution in [0.15, 0.2) is 28.6 Å². The largest absolute Gasteiger partial charge is 0.306 e. The number of thioether (sulfide) groups is 1. The summed E-state index contributed by atoms with van der Waals surface area (Å²) < 4.78 is 1.44. The van der Waals surface area contributed by atoms with E-state index in [0.29, 0.717) is 0 Å². The Morgan fingerprint density at radius 1 is 1.24 bits per heavy atom. The maximum Gasteiger partial charge on any atom is 0.0992 e. The highest BCUT2D eigenvalue weighted by atomic mass is 32.2. The normalized spacial score (nSPS) is 21.1. The smallest absolute Gasteiger partial charge is 0.0992 e. The third-order valence-corrected chi connectivity index (χ3v) is 6.66. The molecule has 2 aliphatic heterocycles. The lowest BCUT2D eigenvalue weighted by Crippen LogP contribution is -2.29. The molecule has 2 aromatic rings. The predicted molar refractivity (Wildman–Crippen MR) is 95.2 cm³/mol. The number of aliphatic imine (C=N–C) groups is 1. The quantitative estimate of drug-likeness (QED) is 0.825. The van der Waals surface area contributed by atoms with Crippen LogP contribution in [0.5, 0.6) is 0 Å². The maximum atomic E-state index is 4.67. The maximum absolute atomic E-state index is 4.67. The molecule has 0 unspecified atom stereocenters. The van der Waals surface area contributed by atoms with Gasteiger partial charge < -0.3 is 4.90 Å². The van der Waals surface area contributed by atoms with Crippen LogP contribution in [0.3, 0.4) is 0 Å². The minimum atomic E-state index is 0.739. The highest BCUT2D eigenvalue weighted by molar-refractivity contribution is 8.14. The second-order valence-electron chi connectivity index (χ2n) is 5.99. The second-order valence-corrected chi connectivity index (χ2v) is 7.95. The Balaban J connectivity index is 1.73. The Morgan fingerprint density at radius 3 is 2.86 bits per heavy atom. The molecule has 0 bridgehead atoms. The summed E-state index contributed by atoms with van der Waals surface area (Å²) in [5.74, 6) is 1.88. The summed E-state index contributed by atoms with van der Waals surface area (Å²) in [6, 6.07) is 6.77. The van der Waals surface area contributed by atoms with Crippen LogP contribution in [0, 0.1) is 0 Å². The Bertz CT molecular complexity index is 681. The van der Waals surface area contributed by atoms with E-state index in [1.165, 1.54) is 46.6 Å². The van der Waals surface area contributed by atoms with Crippen molar-refractivity contribution >= 4 is 38.2 Å². The van der Waals surface area contributed by atoms with E-state index in [1.54, 1.807) is 5.56 Å². The molecule has 110 valence electrons. The van der Waals surface area contributed by atoms with Crippen LogP contribution in [-0.4, -0.2) is 42.4 Å². The van der Waals surface area contributed by atoms with Gasteiger partial charge in [0.2, 0.25) is 0 Å². The Kier molecular flexibility index (Phi) is 3.78. The van der Waals surface area contributed by atoms with E-state index < -0.39 is 0 Å². The van der Waals surface area contributed by atoms with Gasteiger partial charge in [0.15, 0.2) is 0 Å². The summed E-state index contributed by atoms with van der Waals surface area (Å²) in [7, 11) is 2.23. The zero-order valence-electron chi connectivity index (χ0n) is 12.3. The van der Waals surface area contributed by atoms with E-state index >= 15 is 0 Å². The average Bonchev–Trinajstić information content (AvgIpc) is 3.17. The van der Waals surface area contributed by atoms with E-state index in [-0.39, 0.29) is 0 Å². The molecule has 1 aromatic heterocycles. The summed E-state index contributed by atoms with van der Waals surface area (Å²) >= 11 is 3.82. The van der Waals surface area contributed by atoms with Gasteiger partial charge in [-0.2, -0.15) is 0 Å². The van der Waals surface area contributed by atoms with Gasteiger partial charge in [-0.15, -0.1) is 23.1 Å². The van der Waals surface area contributed by atoms with Crippen molar-refractivity contribution in [3.8, 4) is 0 Å². The summed E-state index contributed by atoms with van der Waals surface area (Å²) in [4.78, 5) is 7.11. The molecule has 1 aromatic carbocycles. The monoisotopic (exact) mass is 316 g/mol. The molecule has 4 heteroatoms. The summed E-state index contributed by atoms with van der Waals surface area (Å²) in [5.41, 5.74) is 2.94. The SMILES string of the molecule is CN1CCC(c2csc3c(C4=NCCS4)cccc23)CC1. The van der Waals surface area contributed by atoms with Crippen molar-refractivity contribution in [3.63, 3.8) is 0 Å². The average molecular weight is 316 g/mol. The molecule has 0 spiro atoms. The topological polar surface area (TPSA) is 15.6 Å². The standard InChI is InChI=1S/C17H20N2S2/c1-19-8-5-12(6-9-19)15-11-21-16-13(15)3-2-4-14(16)17-18-7-10-20-17/h2-4,11-12H,5-10H2,1H3. The first-order valence-corrected chi connectivity index (χ1v) is 9.56. The Hall–Kier alpha value is -0.840. The highest BCUT2D eigenvalue weighted by Gasteiger charge is 2.22. The number of likely N-dealkylation sites (tertiary alicyclic amines) is 1. The predicted octanol–water partition coefficient (Wildman–Crippen LogP) is 4.20. The number of hydrogen-bond donors (Lipinski definition) is 0. The van der Waals surface area contributed by atoms with E-state index in [0.717, 1.165) is 18.2 Å². The van der Waals surface area contributed by atoms with Gasteiger partial charge in [-0.1, -0.05) is 18.2 Å². The van der Waals surface area contributed by atoms with Crippen LogP contribution >= 0.6 is 23.1 Å². The van der Waals surface area contributed by atoms with E-state index in [4.69, 9.17) is 0 Å². The first-order valence-electron chi connectivity index (χ1n) is 7.69. The molecule has 0 saturated carbocycles. The molecule has 2 aliphatic rings. The molecule has 0 N–H and O–H groups in total. The molecule has 2 nitrogen and oxygen atoms in total. The molecule has 1 saturated heterocycles. The Morgan fingerprint density at radius 2 is 2.10 bits per heavy atom. The van der Waals surface area contributed by atoms with Crippen molar-refractivity contribution < 1.29 is 0 Å². The van der Waals surface area contributed by atoms with Crippen LogP contribution < -0.4 is 0 Å². The molecule has 4 rings (SSSR count). The number of rotatable bonds is 2. The lowest BCUT2D eigenvalue weighted by atomic mass is 9.89. The van der Waals surface area contributed by atoms with Gasteiger partial charge in [-0.05, 0) is 55.2 Å². The van der Waals surface area contributed by atoms with Gasteiger partial charge in [-0.25, -0.2) is 0 Å². The lowest BCUT2D eigenvalue weighted by Gasteiger charge is -2.28. The fourth-order valence-electron chi connectivity index (χ4n) is 3.38. The third kappa shape index (κ3) is 2.54. The first-order chi connectivity index (χ1) is 10.3. The van der Waals surface area contributed by atoms with Crippen molar-refractivity contribution in [3.05, 3.63) is 34.7 Å². The molecular formula is C17H20N2S2. The number of thiophene rings is 1. The van der Waals surface area contributed by atoms with E-state index in [2.05, 4.69) is 40.5 Å². The van der Waals surface area contributed by atoms with Gasteiger partial charge in [0, 0.05) is 22.6 Å². The fourth-order valence-corrected chi connectivity index (χ4v) is 5.50. The molecule has 0 amide bonds. The summed E-state index contributed by atoms with van der Waals surface area (Å²) in [6.45, 7) is 3.43. The van der Waals surface area contributed by atoms with Gasteiger partial charge in [0.25, 0.3) is 0 Å². The fraction of sp³-hybridized carbons (Fsp3) is 0.471. The van der Waals surface area contributed by atoms with Gasteiger partial charge >= 0.3 is 0 Å². The molecule has 0 aliphatic carbocycles. The van der Waals surface area contributed by atoms with Crippen molar-refractivity contribution in [2.75, 3.05) is 32.4 Å². The third-order valence-electron chi connectivity index (χ3n) is 4.60. The molecule has 21 heavy (non-hydrogen) atoms. The van der Waals surface area contributed by atoms with Crippen LogP contribution in [0.2, 0.25) is 0 Å². The Labute approximate surface area is 134 Å². The van der Waals surface area contributed by atoms with Crippen LogP contribution in [-0.2, 0) is 0 Å². The van der Waals surface area contributed by atoms with E-state index in [1.807, 2.05) is 23.1 Å². The minimum Gasteiger partial charge on any atom is -0.306 e. The van der Waals surface area contributed by atoms with Gasteiger partial charge in [0.1, 0.15) is 0 Å². The number of hydrogen-bond acceptors (Lipinski definition) is 4. The number of nitrogens with zero attached hydrogens (tertiary/aromatic N) is 2. The first kappa shape index (κ1) is 13.8. The number of benzene rings is 1. The highest BCUT2D eigenvalue weighted by Crippen LogP contribution is 2.39. The van der Waals surface area contributed by atoms with Crippen LogP contribution in [0.25, 0.3) is 10.1 Å². The van der Waals surface area contributed by atoms with Crippen LogP contribution in [0.1, 0.15) is 29.9 Å². The lowest BCUT2D eigenvalue weighted by molar-refractivity contribution is 0.256. The molecule has 1 fully saturated rings. The van der Waals surface area contributed by atoms with E-state index in [9.17, 15) is 0 Å². The molecule has 0 radical (unpaired) electrons. The van der Waals surface area contributed by atoms with Crippen molar-refractivity contribution in [2.45, 2.75) is 18.8 Å². The molecule has 3 heterocycles. The van der Waals surface area contributed by atoms with Crippen LogP contribution in [0.4, 0.5) is 0 Å². The summed E-state index contributed by atoms with van der Waals surface area (Å²) in [6.07, 6.45) is 2.59. The summed E-state index contributed by atoms with van der Waals surface area (Å²) in [5, 5.41) is 5.13. The minimum absolute atomic E-state index is 0.739. The second kappa shape index (κ2) is 5.75. The van der Waals surface area contributed by atoms with Gasteiger partial charge in [-0.3, -0.25) is 4.99 Å². The number of fused-ring (bicyclic) bond motifs is 1. The number of piperidine rings is 1. The molecule has 0 atom stereocenters. The zero-order valence-corrected chi connectivity index (χ0v) is 14.0.